The van der Waals surface area contributed by atoms with Crippen LogP contribution >= 0.6 is 15.9 Å². The van der Waals surface area contributed by atoms with Crippen molar-refractivity contribution in [2.45, 2.75) is 19.4 Å². The average Bonchev–Trinajstić information content (AvgIpc) is 2.17. The van der Waals surface area contributed by atoms with Gasteiger partial charge >= 0.3 is 0 Å². The highest BCUT2D eigenvalue weighted by Crippen LogP contribution is 2.30. The Balaban J connectivity index is 3.05. The molecule has 0 aliphatic heterocycles. The summed E-state index contributed by atoms with van der Waals surface area (Å²) in [6, 6.07) is 2.11. The molecule has 0 aliphatic rings. The highest BCUT2D eigenvalue weighted by Gasteiger charge is 2.20. The minimum atomic E-state index is -1.02. The number of nitrogens with one attached hydrogen (secondary N) is 1. The van der Waals surface area contributed by atoms with E-state index < -0.39 is 16.3 Å². The molecule has 0 saturated heterocycles. The van der Waals surface area contributed by atoms with Crippen molar-refractivity contribution in [1.82, 2.24) is 0 Å². The summed E-state index contributed by atoms with van der Waals surface area (Å²) in [7, 11) is 0. The van der Waals surface area contributed by atoms with Gasteiger partial charge in [0.15, 0.2) is 0 Å². The number of hydrogen-bond donors (Lipinski definition) is 2. The molecule has 1 aromatic rings. The van der Waals surface area contributed by atoms with E-state index in [4.69, 9.17) is 0 Å². The Morgan fingerprint density at radius 3 is 2.65 bits per heavy atom. The molecule has 0 aromatic heterocycles. The van der Waals surface area contributed by atoms with Gasteiger partial charge in [0.1, 0.15) is 11.5 Å². The van der Waals surface area contributed by atoms with Crippen molar-refractivity contribution < 1.29 is 14.4 Å². The van der Waals surface area contributed by atoms with Gasteiger partial charge in [-0.2, -0.15) is 0 Å². The maximum Gasteiger partial charge on any atom is 0.295 e. The number of anilines is 1. The molecule has 94 valence electrons. The summed E-state index contributed by atoms with van der Waals surface area (Å²) in [6.07, 6.45) is 0. The molecular formula is C10H12BrFN2O3. The van der Waals surface area contributed by atoms with Gasteiger partial charge in [0, 0.05) is 6.54 Å². The second kappa shape index (κ2) is 4.97. The van der Waals surface area contributed by atoms with Crippen LogP contribution in [0.15, 0.2) is 16.6 Å². The van der Waals surface area contributed by atoms with E-state index in [9.17, 15) is 19.6 Å². The first-order valence-corrected chi connectivity index (χ1v) is 5.60. The van der Waals surface area contributed by atoms with Gasteiger partial charge in [0.2, 0.25) is 0 Å². The SMILES string of the molecule is CC(C)(O)CNc1cc(Br)c(F)cc1[N+](=O)[O-]. The van der Waals surface area contributed by atoms with Crippen LogP contribution in [-0.4, -0.2) is 22.2 Å². The third-order valence-corrected chi connectivity index (χ3v) is 2.55. The summed E-state index contributed by atoms with van der Waals surface area (Å²) in [4.78, 5) is 10.1. The number of hydrogen-bond acceptors (Lipinski definition) is 4. The monoisotopic (exact) mass is 306 g/mol. The lowest BCUT2D eigenvalue weighted by molar-refractivity contribution is -0.384. The van der Waals surface area contributed by atoms with Crippen LogP contribution in [0.4, 0.5) is 15.8 Å². The van der Waals surface area contributed by atoms with Crippen molar-refractivity contribution >= 4 is 27.3 Å². The Morgan fingerprint density at radius 1 is 1.59 bits per heavy atom. The van der Waals surface area contributed by atoms with Gasteiger partial charge in [-0.05, 0) is 35.8 Å². The molecule has 5 nitrogen and oxygen atoms in total. The summed E-state index contributed by atoms with van der Waals surface area (Å²) < 4.78 is 13.3. The summed E-state index contributed by atoms with van der Waals surface area (Å²) >= 11 is 2.95. The van der Waals surface area contributed by atoms with E-state index in [1.54, 1.807) is 13.8 Å². The van der Waals surface area contributed by atoms with Crippen molar-refractivity contribution in [3.63, 3.8) is 0 Å². The highest BCUT2D eigenvalue weighted by atomic mass is 79.9. The minimum absolute atomic E-state index is 0.117. The fraction of sp³-hybridized carbons (Fsp3) is 0.400. The maximum atomic E-state index is 13.2. The van der Waals surface area contributed by atoms with Gasteiger partial charge in [0.25, 0.3) is 5.69 Å². The second-order valence-electron chi connectivity index (χ2n) is 4.21. The first-order valence-electron chi connectivity index (χ1n) is 4.80. The standard InChI is InChI=1S/C10H12BrFN2O3/c1-10(2,15)5-13-8-3-6(11)7(12)4-9(8)14(16)17/h3-4,13,15H,5H2,1-2H3. The molecule has 0 unspecified atom stereocenters. The van der Waals surface area contributed by atoms with Crippen LogP contribution in [0.2, 0.25) is 0 Å². The Bertz CT molecular complexity index is 446. The molecule has 7 heteroatoms. The number of halogens is 2. The van der Waals surface area contributed by atoms with Crippen LogP contribution in [0.25, 0.3) is 0 Å². The maximum absolute atomic E-state index is 13.2. The molecule has 2 N–H and O–H groups in total. The van der Waals surface area contributed by atoms with Gasteiger partial charge < -0.3 is 10.4 Å². The topological polar surface area (TPSA) is 75.4 Å². The van der Waals surface area contributed by atoms with E-state index in [1.165, 1.54) is 6.07 Å². The molecule has 0 amide bonds. The van der Waals surface area contributed by atoms with Crippen molar-refractivity contribution in [3.05, 3.63) is 32.5 Å². The van der Waals surface area contributed by atoms with E-state index in [1.807, 2.05) is 0 Å². The van der Waals surface area contributed by atoms with E-state index in [0.717, 1.165) is 6.07 Å². The predicted molar refractivity (Wildman–Crippen MR) is 65.5 cm³/mol. The van der Waals surface area contributed by atoms with Crippen molar-refractivity contribution in [1.29, 1.82) is 0 Å². The van der Waals surface area contributed by atoms with Crippen molar-refractivity contribution in [3.8, 4) is 0 Å². The van der Waals surface area contributed by atoms with Gasteiger partial charge in [-0.3, -0.25) is 10.1 Å². The highest BCUT2D eigenvalue weighted by molar-refractivity contribution is 9.10. The lowest BCUT2D eigenvalue weighted by atomic mass is 10.1. The number of benzene rings is 1. The number of nitro benzene ring substituents is 1. The zero-order chi connectivity index (χ0) is 13.2. The molecule has 0 saturated carbocycles. The fourth-order valence-electron chi connectivity index (χ4n) is 1.14. The van der Waals surface area contributed by atoms with Crippen LogP contribution in [0.1, 0.15) is 13.8 Å². The molecule has 0 atom stereocenters. The lowest BCUT2D eigenvalue weighted by Crippen LogP contribution is -2.29. The Labute approximate surface area is 106 Å². The zero-order valence-corrected chi connectivity index (χ0v) is 10.9. The normalized spacial score (nSPS) is 11.4. The van der Waals surface area contributed by atoms with E-state index in [0.29, 0.717) is 0 Å². The first kappa shape index (κ1) is 13.9. The number of aliphatic hydroxyl groups is 1. The lowest BCUT2D eigenvalue weighted by Gasteiger charge is -2.18. The average molecular weight is 307 g/mol. The molecule has 17 heavy (non-hydrogen) atoms. The Hall–Kier alpha value is -1.21. The zero-order valence-electron chi connectivity index (χ0n) is 9.33. The quantitative estimate of drug-likeness (QED) is 0.662. The van der Waals surface area contributed by atoms with Crippen LogP contribution in [0.5, 0.6) is 0 Å². The molecule has 0 heterocycles. The van der Waals surface area contributed by atoms with E-state index >= 15 is 0 Å². The van der Waals surface area contributed by atoms with E-state index in [-0.39, 0.29) is 22.4 Å². The summed E-state index contributed by atoms with van der Waals surface area (Å²) in [5.41, 5.74) is -1.23. The molecular weight excluding hydrogens is 295 g/mol. The molecule has 0 fully saturated rings. The van der Waals surface area contributed by atoms with Crippen LogP contribution < -0.4 is 5.32 Å². The molecule has 0 aliphatic carbocycles. The number of rotatable bonds is 4. The van der Waals surface area contributed by atoms with E-state index in [2.05, 4.69) is 21.2 Å². The molecule has 0 bridgehead atoms. The van der Waals surface area contributed by atoms with Crippen molar-refractivity contribution in [2.75, 3.05) is 11.9 Å². The van der Waals surface area contributed by atoms with Crippen LogP contribution in [0.3, 0.4) is 0 Å². The fourth-order valence-corrected chi connectivity index (χ4v) is 1.48. The molecule has 0 spiro atoms. The van der Waals surface area contributed by atoms with Crippen LogP contribution in [0, 0.1) is 15.9 Å². The van der Waals surface area contributed by atoms with Crippen molar-refractivity contribution in [2.24, 2.45) is 0 Å². The summed E-state index contributed by atoms with van der Waals surface area (Å²) in [5, 5.41) is 23.0. The second-order valence-corrected chi connectivity index (χ2v) is 5.06. The van der Waals surface area contributed by atoms with Gasteiger partial charge in [-0.15, -0.1) is 0 Å². The molecule has 0 radical (unpaired) electrons. The summed E-state index contributed by atoms with van der Waals surface area (Å²) in [6.45, 7) is 3.24. The Kier molecular flexibility index (Phi) is 4.05. The van der Waals surface area contributed by atoms with Gasteiger partial charge in [0.05, 0.1) is 21.1 Å². The molecule has 1 rings (SSSR count). The first-order chi connectivity index (χ1) is 7.70. The minimum Gasteiger partial charge on any atom is -0.389 e. The van der Waals surface area contributed by atoms with Gasteiger partial charge in [-0.25, -0.2) is 4.39 Å². The smallest absolute Gasteiger partial charge is 0.295 e. The summed E-state index contributed by atoms with van der Waals surface area (Å²) in [5.74, 6) is -0.703. The Morgan fingerprint density at radius 2 is 2.18 bits per heavy atom. The largest absolute Gasteiger partial charge is 0.389 e. The third kappa shape index (κ3) is 3.94. The number of nitrogens with zero attached hydrogens (tertiary/aromatic N) is 1. The van der Waals surface area contributed by atoms with Crippen LogP contribution in [-0.2, 0) is 0 Å². The third-order valence-electron chi connectivity index (χ3n) is 1.95. The molecule has 1 aromatic carbocycles. The number of nitro groups is 1. The van der Waals surface area contributed by atoms with Gasteiger partial charge in [-0.1, -0.05) is 0 Å². The predicted octanol–water partition coefficient (Wildman–Crippen LogP) is 2.68.